The first-order valence-corrected chi connectivity index (χ1v) is 8.68. The molecular formula is C20H24N4O2. The molecule has 136 valence electrons. The second-order valence-corrected chi connectivity index (χ2v) is 6.61. The molecule has 1 amide bonds. The lowest BCUT2D eigenvalue weighted by molar-refractivity contribution is -0.116. The number of rotatable bonds is 6. The highest BCUT2D eigenvalue weighted by Crippen LogP contribution is 2.21. The van der Waals surface area contributed by atoms with Gasteiger partial charge in [0.15, 0.2) is 0 Å². The van der Waals surface area contributed by atoms with Gasteiger partial charge in [-0.2, -0.15) is 0 Å². The zero-order chi connectivity index (χ0) is 18.7. The molecule has 0 aliphatic heterocycles. The van der Waals surface area contributed by atoms with Gasteiger partial charge in [-0.05, 0) is 50.1 Å². The molecular weight excluding hydrogens is 328 g/mol. The number of carbonyl (C=O) groups is 1. The summed E-state index contributed by atoms with van der Waals surface area (Å²) < 4.78 is 1.83. The summed E-state index contributed by atoms with van der Waals surface area (Å²) in [7, 11) is 0. The Kier molecular flexibility index (Phi) is 5.23. The summed E-state index contributed by atoms with van der Waals surface area (Å²) in [5.74, 6) is 0.449. The fourth-order valence-corrected chi connectivity index (χ4v) is 2.81. The Morgan fingerprint density at radius 2 is 2.00 bits per heavy atom. The maximum atomic E-state index is 12.6. The van der Waals surface area contributed by atoms with Gasteiger partial charge in [0, 0.05) is 12.2 Å². The third kappa shape index (κ3) is 4.03. The first kappa shape index (κ1) is 17.9. The molecule has 1 unspecified atom stereocenters. The van der Waals surface area contributed by atoms with Gasteiger partial charge in [0.25, 0.3) is 0 Å². The summed E-state index contributed by atoms with van der Waals surface area (Å²) in [5.41, 5.74) is 4.61. The molecule has 6 nitrogen and oxygen atoms in total. The highest BCUT2D eigenvalue weighted by Gasteiger charge is 2.14. The Labute approximate surface area is 152 Å². The van der Waals surface area contributed by atoms with Gasteiger partial charge in [0.05, 0.1) is 17.1 Å². The highest BCUT2D eigenvalue weighted by molar-refractivity contribution is 5.93. The number of aliphatic hydroxyl groups excluding tert-OH is 1. The van der Waals surface area contributed by atoms with Crippen LogP contribution in [0.4, 0.5) is 11.6 Å². The van der Waals surface area contributed by atoms with Crippen LogP contribution in [0.3, 0.4) is 0 Å². The Balaban J connectivity index is 1.85. The van der Waals surface area contributed by atoms with E-state index in [9.17, 15) is 9.90 Å². The maximum Gasteiger partial charge on any atom is 0.244 e. The van der Waals surface area contributed by atoms with Crippen molar-refractivity contribution in [2.75, 3.05) is 17.2 Å². The van der Waals surface area contributed by atoms with E-state index in [-0.39, 0.29) is 12.5 Å². The topological polar surface area (TPSA) is 79.2 Å². The molecule has 1 heterocycles. The minimum atomic E-state index is -0.507. The molecule has 0 aliphatic carbocycles. The van der Waals surface area contributed by atoms with E-state index in [1.165, 1.54) is 0 Å². The van der Waals surface area contributed by atoms with Crippen LogP contribution in [0.25, 0.3) is 11.0 Å². The number of hydrogen-bond acceptors (Lipinski definition) is 4. The van der Waals surface area contributed by atoms with Crippen molar-refractivity contribution < 1.29 is 9.90 Å². The number of hydrogen-bond donors (Lipinski definition) is 3. The number of para-hydroxylation sites is 2. The molecule has 0 bridgehead atoms. The summed E-state index contributed by atoms with van der Waals surface area (Å²) in [4.78, 5) is 17.2. The average Bonchev–Trinajstić information content (AvgIpc) is 2.94. The van der Waals surface area contributed by atoms with Gasteiger partial charge in [-0.15, -0.1) is 0 Å². The van der Waals surface area contributed by atoms with Crippen LogP contribution in [-0.4, -0.2) is 33.2 Å². The van der Waals surface area contributed by atoms with Crippen molar-refractivity contribution in [2.24, 2.45) is 0 Å². The van der Waals surface area contributed by atoms with Crippen molar-refractivity contribution in [3.8, 4) is 0 Å². The molecule has 3 N–H and O–H groups in total. The van der Waals surface area contributed by atoms with E-state index in [4.69, 9.17) is 0 Å². The largest absolute Gasteiger partial charge is 0.392 e. The summed E-state index contributed by atoms with van der Waals surface area (Å²) in [5, 5.41) is 15.6. The molecule has 3 rings (SSSR count). The van der Waals surface area contributed by atoms with E-state index in [0.29, 0.717) is 12.5 Å². The molecule has 2 aromatic carbocycles. The van der Waals surface area contributed by atoms with Crippen molar-refractivity contribution >= 4 is 28.6 Å². The maximum absolute atomic E-state index is 12.6. The SMILES string of the molecule is Cc1ccc(C)c(NC(=O)Cn2c(NCC(C)O)nc3ccccc32)c1. The Hall–Kier alpha value is -2.86. The summed E-state index contributed by atoms with van der Waals surface area (Å²) in [6, 6.07) is 13.6. The van der Waals surface area contributed by atoms with Gasteiger partial charge in [-0.1, -0.05) is 24.3 Å². The van der Waals surface area contributed by atoms with Crippen molar-refractivity contribution in [3.63, 3.8) is 0 Å². The first-order chi connectivity index (χ1) is 12.4. The molecule has 26 heavy (non-hydrogen) atoms. The number of benzene rings is 2. The number of fused-ring (bicyclic) bond motifs is 1. The number of imidazole rings is 1. The van der Waals surface area contributed by atoms with Crippen LogP contribution in [0.2, 0.25) is 0 Å². The number of aryl methyl sites for hydroxylation is 2. The standard InChI is InChI=1S/C20H24N4O2/c1-13-8-9-14(2)17(10-13)22-19(26)12-24-18-7-5-4-6-16(18)23-20(24)21-11-15(3)25/h4-10,15,25H,11-12H2,1-3H3,(H,21,23)(H,22,26). The third-order valence-corrected chi connectivity index (χ3v) is 4.18. The third-order valence-electron chi connectivity index (χ3n) is 4.18. The van der Waals surface area contributed by atoms with Gasteiger partial charge in [0.2, 0.25) is 11.9 Å². The van der Waals surface area contributed by atoms with E-state index in [1.54, 1.807) is 6.92 Å². The van der Waals surface area contributed by atoms with E-state index < -0.39 is 6.10 Å². The zero-order valence-electron chi connectivity index (χ0n) is 15.3. The van der Waals surface area contributed by atoms with Crippen LogP contribution < -0.4 is 10.6 Å². The average molecular weight is 352 g/mol. The first-order valence-electron chi connectivity index (χ1n) is 8.68. The van der Waals surface area contributed by atoms with Crippen molar-refractivity contribution in [3.05, 3.63) is 53.6 Å². The van der Waals surface area contributed by atoms with Crippen LogP contribution in [0.15, 0.2) is 42.5 Å². The van der Waals surface area contributed by atoms with E-state index in [1.807, 2.05) is 60.9 Å². The lowest BCUT2D eigenvalue weighted by Crippen LogP contribution is -2.23. The van der Waals surface area contributed by atoms with Crippen molar-refractivity contribution in [2.45, 2.75) is 33.4 Å². The molecule has 0 fully saturated rings. The van der Waals surface area contributed by atoms with Gasteiger partial charge < -0.3 is 20.3 Å². The predicted octanol–water partition coefficient (Wildman–Crippen LogP) is 3.08. The van der Waals surface area contributed by atoms with E-state index in [2.05, 4.69) is 15.6 Å². The number of aliphatic hydroxyl groups is 1. The molecule has 0 saturated heterocycles. The Morgan fingerprint density at radius 1 is 1.23 bits per heavy atom. The number of carbonyl (C=O) groups excluding carboxylic acids is 1. The molecule has 1 atom stereocenters. The summed E-state index contributed by atoms with van der Waals surface area (Å²) in [6.07, 6.45) is -0.507. The minimum Gasteiger partial charge on any atom is -0.392 e. The van der Waals surface area contributed by atoms with Gasteiger partial charge >= 0.3 is 0 Å². The predicted molar refractivity (Wildman–Crippen MR) is 104 cm³/mol. The number of nitrogens with one attached hydrogen (secondary N) is 2. The highest BCUT2D eigenvalue weighted by atomic mass is 16.3. The fraction of sp³-hybridized carbons (Fsp3) is 0.300. The molecule has 0 spiro atoms. The molecule has 0 radical (unpaired) electrons. The number of aromatic nitrogens is 2. The van der Waals surface area contributed by atoms with Crippen molar-refractivity contribution in [1.82, 2.24) is 9.55 Å². The van der Waals surface area contributed by atoms with Crippen LogP contribution in [0.5, 0.6) is 0 Å². The second kappa shape index (κ2) is 7.58. The van der Waals surface area contributed by atoms with Gasteiger partial charge in [0.1, 0.15) is 6.54 Å². The van der Waals surface area contributed by atoms with Gasteiger partial charge in [-0.3, -0.25) is 4.79 Å². The zero-order valence-corrected chi connectivity index (χ0v) is 15.3. The molecule has 6 heteroatoms. The second-order valence-electron chi connectivity index (χ2n) is 6.61. The number of nitrogens with zero attached hydrogens (tertiary/aromatic N) is 2. The van der Waals surface area contributed by atoms with E-state index in [0.717, 1.165) is 27.8 Å². The minimum absolute atomic E-state index is 0.123. The smallest absolute Gasteiger partial charge is 0.244 e. The van der Waals surface area contributed by atoms with E-state index >= 15 is 0 Å². The number of amides is 1. The lowest BCUT2D eigenvalue weighted by atomic mass is 10.1. The molecule has 1 aromatic heterocycles. The number of anilines is 2. The molecule has 0 saturated carbocycles. The van der Waals surface area contributed by atoms with Crippen LogP contribution in [0.1, 0.15) is 18.1 Å². The van der Waals surface area contributed by atoms with Crippen LogP contribution in [0, 0.1) is 13.8 Å². The Bertz CT molecular complexity index is 931. The molecule has 3 aromatic rings. The normalized spacial score (nSPS) is 12.2. The van der Waals surface area contributed by atoms with Crippen molar-refractivity contribution in [1.29, 1.82) is 0 Å². The lowest BCUT2D eigenvalue weighted by Gasteiger charge is -2.13. The monoisotopic (exact) mass is 352 g/mol. The quantitative estimate of drug-likeness (QED) is 0.637. The summed E-state index contributed by atoms with van der Waals surface area (Å²) >= 11 is 0. The van der Waals surface area contributed by atoms with Crippen LogP contribution in [-0.2, 0) is 11.3 Å². The Morgan fingerprint density at radius 3 is 2.77 bits per heavy atom. The molecule has 0 aliphatic rings. The van der Waals surface area contributed by atoms with Crippen LogP contribution >= 0.6 is 0 Å². The fourth-order valence-electron chi connectivity index (χ4n) is 2.81. The van der Waals surface area contributed by atoms with Gasteiger partial charge in [-0.25, -0.2) is 4.98 Å². The summed E-state index contributed by atoms with van der Waals surface area (Å²) in [6.45, 7) is 6.17.